The summed E-state index contributed by atoms with van der Waals surface area (Å²) in [6, 6.07) is 21.7. The molecule has 0 unspecified atom stereocenters. The average Bonchev–Trinajstić information content (AvgIpc) is 2.72. The highest BCUT2D eigenvalue weighted by Gasteiger charge is 2.55. The van der Waals surface area contributed by atoms with Crippen LogP contribution in [-0.4, -0.2) is 33.2 Å². The maximum atomic E-state index is 5.89. The fraction of sp³-hybridized carbons (Fsp3) is 0.250. The van der Waals surface area contributed by atoms with E-state index in [-0.39, 0.29) is 5.92 Å². The van der Waals surface area contributed by atoms with E-state index in [2.05, 4.69) is 67.5 Å². The van der Waals surface area contributed by atoms with Gasteiger partial charge in [-0.25, -0.2) is 0 Å². The van der Waals surface area contributed by atoms with Crippen LogP contribution in [0.25, 0.3) is 0 Å². The predicted octanol–water partition coefficient (Wildman–Crippen LogP) is 4.36. The lowest BCUT2D eigenvalue weighted by Gasteiger charge is -2.54. The Labute approximate surface area is 160 Å². The number of rotatable bonds is 3. The van der Waals surface area contributed by atoms with Gasteiger partial charge in [-0.2, -0.15) is 0 Å². The first-order chi connectivity index (χ1) is 13.2. The summed E-state index contributed by atoms with van der Waals surface area (Å²) >= 11 is 0. The van der Waals surface area contributed by atoms with Crippen LogP contribution in [0.3, 0.4) is 0 Å². The molecule has 3 aromatic rings. The van der Waals surface area contributed by atoms with Gasteiger partial charge in [-0.15, -0.1) is 0 Å². The monoisotopic (exact) mass is 357 g/mol. The third kappa shape index (κ3) is 1.80. The molecule has 0 heterocycles. The van der Waals surface area contributed by atoms with E-state index < -0.39 is 5.54 Å². The molecule has 0 atom stereocenters. The summed E-state index contributed by atoms with van der Waals surface area (Å²) in [7, 11) is 7.82. The summed E-state index contributed by atoms with van der Waals surface area (Å²) in [6.45, 7) is 0. The van der Waals surface area contributed by atoms with Crippen molar-refractivity contribution >= 4 is 0 Å². The Hall–Kier alpha value is -2.78. The lowest BCUT2D eigenvalue weighted by molar-refractivity contribution is 0.221. The van der Waals surface area contributed by atoms with Gasteiger partial charge in [0, 0.05) is 17.0 Å². The first-order valence-electron chi connectivity index (χ1n) is 9.27. The summed E-state index contributed by atoms with van der Waals surface area (Å²) in [6.07, 6.45) is 0. The molecule has 0 N–H and O–H groups in total. The number of ether oxygens (including phenoxy) is 2. The highest BCUT2D eigenvalue weighted by molar-refractivity contribution is 5.76. The predicted molar refractivity (Wildman–Crippen MR) is 107 cm³/mol. The third-order valence-corrected chi connectivity index (χ3v) is 6.25. The zero-order valence-corrected chi connectivity index (χ0v) is 16.1. The fourth-order valence-electron chi connectivity index (χ4n) is 5.34. The molecule has 3 aliphatic carbocycles. The molecule has 3 aromatic carbocycles. The molecule has 0 saturated heterocycles. The maximum Gasteiger partial charge on any atom is 0.125 e. The zero-order valence-electron chi connectivity index (χ0n) is 16.1. The van der Waals surface area contributed by atoms with E-state index in [1.54, 1.807) is 14.2 Å². The third-order valence-electron chi connectivity index (χ3n) is 6.25. The average molecular weight is 357 g/mol. The van der Waals surface area contributed by atoms with E-state index >= 15 is 0 Å². The molecule has 0 aromatic heterocycles. The van der Waals surface area contributed by atoms with E-state index in [0.29, 0.717) is 0 Å². The molecule has 3 nitrogen and oxygen atoms in total. The van der Waals surface area contributed by atoms with Crippen molar-refractivity contribution in [1.82, 2.24) is 4.90 Å². The van der Waals surface area contributed by atoms with E-state index in [4.69, 9.17) is 9.47 Å². The van der Waals surface area contributed by atoms with E-state index in [1.165, 1.54) is 33.4 Å². The second kappa shape index (κ2) is 5.61. The van der Waals surface area contributed by atoms with E-state index in [9.17, 15) is 0 Å². The normalized spacial score (nSPS) is 21.4. The number of hydrogen-bond acceptors (Lipinski definition) is 3. The van der Waals surface area contributed by atoms with Crippen molar-refractivity contribution in [3.05, 3.63) is 94.0 Å². The molecular formula is C24H23NO2. The quantitative estimate of drug-likeness (QED) is 0.695. The smallest absolute Gasteiger partial charge is 0.125 e. The molecule has 3 aliphatic rings. The highest BCUT2D eigenvalue weighted by Crippen LogP contribution is 2.63. The van der Waals surface area contributed by atoms with Gasteiger partial charge >= 0.3 is 0 Å². The Morgan fingerprint density at radius 3 is 1.78 bits per heavy atom. The molecule has 6 rings (SSSR count). The first kappa shape index (κ1) is 16.4. The molecule has 0 spiro atoms. The summed E-state index contributed by atoms with van der Waals surface area (Å²) in [5.41, 5.74) is 7.39. The molecular weight excluding hydrogens is 334 g/mol. The number of methoxy groups -OCH3 is 2. The van der Waals surface area contributed by atoms with Gasteiger partial charge in [0.15, 0.2) is 0 Å². The van der Waals surface area contributed by atoms with Gasteiger partial charge in [-0.1, -0.05) is 48.5 Å². The van der Waals surface area contributed by atoms with Gasteiger partial charge in [0.2, 0.25) is 0 Å². The zero-order chi connectivity index (χ0) is 18.8. The Kier molecular flexibility index (Phi) is 3.40. The van der Waals surface area contributed by atoms with Crippen LogP contribution >= 0.6 is 0 Å². The minimum Gasteiger partial charge on any atom is -0.496 e. The van der Waals surface area contributed by atoms with Crippen molar-refractivity contribution in [2.24, 2.45) is 0 Å². The van der Waals surface area contributed by atoms with Crippen LogP contribution in [0.1, 0.15) is 39.3 Å². The van der Waals surface area contributed by atoms with Crippen molar-refractivity contribution in [2.45, 2.75) is 11.5 Å². The van der Waals surface area contributed by atoms with Crippen LogP contribution in [0.15, 0.2) is 60.7 Å². The van der Waals surface area contributed by atoms with Crippen molar-refractivity contribution < 1.29 is 9.47 Å². The molecule has 2 bridgehead atoms. The van der Waals surface area contributed by atoms with Crippen LogP contribution in [0.4, 0.5) is 0 Å². The molecule has 3 heteroatoms. The number of nitrogens with zero attached hydrogens (tertiary/aromatic N) is 1. The molecule has 0 saturated carbocycles. The lowest BCUT2D eigenvalue weighted by Crippen LogP contribution is -2.51. The second-order valence-corrected chi connectivity index (χ2v) is 7.47. The van der Waals surface area contributed by atoms with Crippen molar-refractivity contribution in [1.29, 1.82) is 0 Å². The van der Waals surface area contributed by atoms with Gasteiger partial charge in [-0.3, -0.25) is 4.90 Å². The van der Waals surface area contributed by atoms with E-state index in [0.717, 1.165) is 11.5 Å². The van der Waals surface area contributed by atoms with Crippen LogP contribution in [0.2, 0.25) is 0 Å². The van der Waals surface area contributed by atoms with Crippen molar-refractivity contribution in [3.8, 4) is 11.5 Å². The molecule has 0 fully saturated rings. The topological polar surface area (TPSA) is 21.7 Å². The van der Waals surface area contributed by atoms with Gasteiger partial charge in [0.1, 0.15) is 17.0 Å². The van der Waals surface area contributed by atoms with Crippen molar-refractivity contribution in [3.63, 3.8) is 0 Å². The SMILES string of the molecule is COc1ccc(OC)c2c1C1c3ccccc3C2(N(C)C)c2ccccc21. The van der Waals surface area contributed by atoms with Gasteiger partial charge in [0.25, 0.3) is 0 Å². The number of hydrogen-bond donors (Lipinski definition) is 0. The standard InChI is InChI=1S/C24H23NO2/c1-25(2)24-17-11-7-5-9-15(17)21(16-10-6-8-12-18(16)24)22-19(26-3)13-14-20(27-4)23(22)24/h5-14,21H,1-4H3. The Morgan fingerprint density at radius 1 is 0.741 bits per heavy atom. The Balaban J connectivity index is 2.04. The summed E-state index contributed by atoms with van der Waals surface area (Å²) < 4.78 is 11.7. The van der Waals surface area contributed by atoms with Crippen LogP contribution < -0.4 is 9.47 Å². The molecule has 27 heavy (non-hydrogen) atoms. The Bertz CT molecular complexity index is 1010. The highest BCUT2D eigenvalue weighted by atomic mass is 16.5. The minimum absolute atomic E-state index is 0.152. The van der Waals surface area contributed by atoms with Crippen LogP contribution in [0.5, 0.6) is 11.5 Å². The maximum absolute atomic E-state index is 5.89. The van der Waals surface area contributed by atoms with Gasteiger partial charge in [0.05, 0.1) is 14.2 Å². The van der Waals surface area contributed by atoms with Crippen LogP contribution in [-0.2, 0) is 5.54 Å². The first-order valence-corrected chi connectivity index (χ1v) is 9.27. The van der Waals surface area contributed by atoms with Crippen molar-refractivity contribution in [2.75, 3.05) is 28.3 Å². The van der Waals surface area contributed by atoms with Gasteiger partial charge in [-0.05, 0) is 48.5 Å². The van der Waals surface area contributed by atoms with Crippen LogP contribution in [0, 0.1) is 0 Å². The second-order valence-electron chi connectivity index (χ2n) is 7.47. The summed E-state index contributed by atoms with van der Waals surface area (Å²) in [5.74, 6) is 1.99. The number of benzene rings is 3. The van der Waals surface area contributed by atoms with E-state index in [1.807, 2.05) is 12.1 Å². The molecule has 0 radical (unpaired) electrons. The lowest BCUT2D eigenvalue weighted by atomic mass is 9.56. The molecule has 136 valence electrons. The van der Waals surface area contributed by atoms with Gasteiger partial charge < -0.3 is 9.47 Å². The summed E-state index contributed by atoms with van der Waals surface area (Å²) in [5, 5.41) is 0. The Morgan fingerprint density at radius 2 is 1.26 bits per heavy atom. The largest absolute Gasteiger partial charge is 0.496 e. The fourth-order valence-corrected chi connectivity index (χ4v) is 5.34. The minimum atomic E-state index is -0.406. The summed E-state index contributed by atoms with van der Waals surface area (Å²) in [4.78, 5) is 2.32. The molecule has 0 amide bonds. The molecule has 0 aliphatic heterocycles.